The van der Waals surface area contributed by atoms with Gasteiger partial charge in [-0.3, -0.25) is 4.79 Å². The summed E-state index contributed by atoms with van der Waals surface area (Å²) in [5.41, 5.74) is 3.41. The maximum absolute atomic E-state index is 12.7. The summed E-state index contributed by atoms with van der Waals surface area (Å²) >= 11 is 0. The molecule has 0 spiro atoms. The molecule has 5 rings (SSSR count). The van der Waals surface area contributed by atoms with Crippen LogP contribution in [0.25, 0.3) is 22.1 Å². The van der Waals surface area contributed by atoms with Crippen LogP contribution in [0, 0.1) is 5.92 Å². The number of hydrogen-bond acceptors (Lipinski definition) is 6. The number of para-hydroxylation sites is 1. The third-order valence-electron chi connectivity index (χ3n) is 5.93. The summed E-state index contributed by atoms with van der Waals surface area (Å²) in [6.07, 6.45) is 3.15. The van der Waals surface area contributed by atoms with E-state index >= 15 is 0 Å². The summed E-state index contributed by atoms with van der Waals surface area (Å²) in [7, 11) is 1.64. The Kier molecular flexibility index (Phi) is 5.16. The van der Waals surface area contributed by atoms with E-state index in [0.717, 1.165) is 59.5 Å². The first-order chi connectivity index (χ1) is 15.2. The Hall–Kier alpha value is -3.61. The van der Waals surface area contributed by atoms with E-state index in [1.807, 2.05) is 48.5 Å². The Labute approximate surface area is 180 Å². The molecule has 1 amide bonds. The summed E-state index contributed by atoms with van der Waals surface area (Å²) in [4.78, 5) is 23.8. The highest BCUT2D eigenvalue weighted by atomic mass is 16.5. The fraction of sp³-hybridized carbons (Fsp3) is 0.292. The number of rotatable bonds is 5. The number of anilines is 1. The number of nitrogens with zero attached hydrogens (tertiary/aromatic N) is 3. The molecule has 7 nitrogen and oxygen atoms in total. The molecule has 0 unspecified atom stereocenters. The molecule has 1 saturated heterocycles. The second kappa shape index (κ2) is 8.26. The predicted octanol–water partition coefficient (Wildman–Crippen LogP) is 3.92. The summed E-state index contributed by atoms with van der Waals surface area (Å²) in [5.74, 6) is 1.72. The van der Waals surface area contributed by atoms with E-state index in [1.54, 1.807) is 13.4 Å². The summed E-state index contributed by atoms with van der Waals surface area (Å²) in [6, 6.07) is 15.6. The van der Waals surface area contributed by atoms with E-state index in [0.29, 0.717) is 12.1 Å². The molecular weight excluding hydrogens is 392 g/mol. The van der Waals surface area contributed by atoms with Gasteiger partial charge < -0.3 is 19.4 Å². The van der Waals surface area contributed by atoms with E-state index < -0.39 is 0 Å². The number of amides is 1. The highest BCUT2D eigenvalue weighted by molar-refractivity contribution is 6.05. The van der Waals surface area contributed by atoms with Crippen LogP contribution in [0.4, 0.5) is 5.82 Å². The van der Waals surface area contributed by atoms with Crippen molar-refractivity contribution in [3.8, 4) is 5.75 Å². The number of methoxy groups -OCH3 is 1. The zero-order valence-corrected chi connectivity index (χ0v) is 17.4. The molecule has 31 heavy (non-hydrogen) atoms. The maximum Gasteiger partial charge on any atom is 0.223 e. The first kappa shape index (κ1) is 19.4. The van der Waals surface area contributed by atoms with Gasteiger partial charge in [0.2, 0.25) is 5.91 Å². The van der Waals surface area contributed by atoms with E-state index in [-0.39, 0.29) is 11.8 Å². The van der Waals surface area contributed by atoms with Crippen LogP contribution >= 0.6 is 0 Å². The van der Waals surface area contributed by atoms with Crippen molar-refractivity contribution in [1.29, 1.82) is 0 Å². The lowest BCUT2D eigenvalue weighted by Gasteiger charge is -2.31. The molecular formula is C24H24N4O3. The Morgan fingerprint density at radius 3 is 2.68 bits per heavy atom. The molecule has 0 saturated carbocycles. The third kappa shape index (κ3) is 3.79. The number of carbonyl (C=O) groups is 1. The third-order valence-corrected chi connectivity index (χ3v) is 5.93. The average molecular weight is 416 g/mol. The first-order valence-electron chi connectivity index (χ1n) is 10.5. The van der Waals surface area contributed by atoms with Gasteiger partial charge in [0.25, 0.3) is 0 Å². The molecule has 2 aromatic carbocycles. The first-order valence-corrected chi connectivity index (χ1v) is 10.5. The van der Waals surface area contributed by atoms with Gasteiger partial charge in [-0.2, -0.15) is 0 Å². The van der Waals surface area contributed by atoms with Crippen molar-refractivity contribution in [2.24, 2.45) is 5.92 Å². The molecule has 1 N–H and O–H groups in total. The monoisotopic (exact) mass is 416 g/mol. The van der Waals surface area contributed by atoms with Gasteiger partial charge >= 0.3 is 0 Å². The lowest BCUT2D eigenvalue weighted by Crippen LogP contribution is -2.40. The standard InChI is InChI=1S/C24H24N4O3/c1-30-18-8-6-16(7-9-18)14-25-24(29)17-10-12-28(13-11-17)23-22-21(26-15-27-23)19-4-2-3-5-20(19)31-22/h2-9,15,17H,10-14H2,1H3,(H,25,29). The van der Waals surface area contributed by atoms with E-state index in [1.165, 1.54) is 0 Å². The molecule has 1 aliphatic heterocycles. The number of benzene rings is 2. The number of piperidine rings is 1. The van der Waals surface area contributed by atoms with Crippen molar-refractivity contribution in [3.05, 3.63) is 60.4 Å². The number of furan rings is 1. The van der Waals surface area contributed by atoms with Crippen LogP contribution in [0.3, 0.4) is 0 Å². The zero-order valence-electron chi connectivity index (χ0n) is 17.4. The van der Waals surface area contributed by atoms with Gasteiger partial charge in [-0.1, -0.05) is 24.3 Å². The van der Waals surface area contributed by atoms with Crippen molar-refractivity contribution in [2.45, 2.75) is 19.4 Å². The molecule has 0 bridgehead atoms. The van der Waals surface area contributed by atoms with Gasteiger partial charge in [-0.05, 0) is 42.7 Å². The highest BCUT2D eigenvalue weighted by Gasteiger charge is 2.27. The van der Waals surface area contributed by atoms with E-state index in [2.05, 4.69) is 20.2 Å². The molecule has 4 aromatic rings. The van der Waals surface area contributed by atoms with Crippen LogP contribution in [0.15, 0.2) is 59.3 Å². The second-order valence-corrected chi connectivity index (χ2v) is 7.80. The largest absolute Gasteiger partial charge is 0.497 e. The smallest absolute Gasteiger partial charge is 0.223 e. The molecule has 0 radical (unpaired) electrons. The highest BCUT2D eigenvalue weighted by Crippen LogP contribution is 2.33. The van der Waals surface area contributed by atoms with Crippen LogP contribution < -0.4 is 15.0 Å². The summed E-state index contributed by atoms with van der Waals surface area (Å²) in [6.45, 7) is 2.03. The summed E-state index contributed by atoms with van der Waals surface area (Å²) in [5, 5.41) is 4.06. The molecule has 7 heteroatoms. The van der Waals surface area contributed by atoms with Crippen LogP contribution in [0.5, 0.6) is 5.75 Å². The van der Waals surface area contributed by atoms with Crippen molar-refractivity contribution >= 4 is 33.8 Å². The summed E-state index contributed by atoms with van der Waals surface area (Å²) < 4.78 is 11.2. The average Bonchev–Trinajstić information content (AvgIpc) is 3.22. The number of aromatic nitrogens is 2. The van der Waals surface area contributed by atoms with Crippen molar-refractivity contribution in [3.63, 3.8) is 0 Å². The SMILES string of the molecule is COc1ccc(CNC(=O)C2CCN(c3ncnc4c3oc3ccccc34)CC2)cc1. The Morgan fingerprint density at radius 1 is 1.13 bits per heavy atom. The van der Waals surface area contributed by atoms with Gasteiger partial charge in [0.15, 0.2) is 11.4 Å². The zero-order chi connectivity index (χ0) is 21.2. The van der Waals surface area contributed by atoms with Gasteiger partial charge in [0.1, 0.15) is 23.2 Å². The van der Waals surface area contributed by atoms with Gasteiger partial charge in [0, 0.05) is 30.9 Å². The second-order valence-electron chi connectivity index (χ2n) is 7.80. The molecule has 1 aliphatic rings. The number of hydrogen-bond donors (Lipinski definition) is 1. The molecule has 158 valence electrons. The van der Waals surface area contributed by atoms with Gasteiger partial charge in [0.05, 0.1) is 7.11 Å². The number of carbonyl (C=O) groups excluding carboxylic acids is 1. The minimum Gasteiger partial charge on any atom is -0.497 e. The number of nitrogens with one attached hydrogen (secondary N) is 1. The Bertz CT molecular complexity index is 1210. The fourth-order valence-electron chi connectivity index (χ4n) is 4.17. The predicted molar refractivity (Wildman–Crippen MR) is 119 cm³/mol. The quantitative estimate of drug-likeness (QED) is 0.531. The van der Waals surface area contributed by atoms with Gasteiger partial charge in [-0.25, -0.2) is 9.97 Å². The van der Waals surface area contributed by atoms with Crippen LogP contribution in [0.1, 0.15) is 18.4 Å². The topological polar surface area (TPSA) is 80.5 Å². The molecule has 0 aliphatic carbocycles. The van der Waals surface area contributed by atoms with Crippen molar-refractivity contribution < 1.29 is 13.9 Å². The van der Waals surface area contributed by atoms with Crippen molar-refractivity contribution in [1.82, 2.24) is 15.3 Å². The van der Waals surface area contributed by atoms with Crippen LogP contribution in [-0.4, -0.2) is 36.1 Å². The molecule has 1 fully saturated rings. The maximum atomic E-state index is 12.7. The van der Waals surface area contributed by atoms with E-state index in [4.69, 9.17) is 9.15 Å². The Morgan fingerprint density at radius 2 is 1.90 bits per heavy atom. The minimum absolute atomic E-state index is 0.00231. The van der Waals surface area contributed by atoms with Gasteiger partial charge in [-0.15, -0.1) is 0 Å². The molecule has 0 atom stereocenters. The fourth-order valence-corrected chi connectivity index (χ4v) is 4.17. The lowest BCUT2D eigenvalue weighted by atomic mass is 9.95. The number of ether oxygens (including phenoxy) is 1. The van der Waals surface area contributed by atoms with Crippen LogP contribution in [0.2, 0.25) is 0 Å². The van der Waals surface area contributed by atoms with Crippen molar-refractivity contribution in [2.75, 3.05) is 25.1 Å². The van der Waals surface area contributed by atoms with Crippen LogP contribution in [-0.2, 0) is 11.3 Å². The lowest BCUT2D eigenvalue weighted by molar-refractivity contribution is -0.125. The normalized spacial score (nSPS) is 14.8. The number of fused-ring (bicyclic) bond motifs is 3. The molecule has 3 heterocycles. The van der Waals surface area contributed by atoms with E-state index in [9.17, 15) is 4.79 Å². The molecule has 2 aromatic heterocycles. The Balaban J connectivity index is 1.23. The minimum atomic E-state index is 0.00231.